The van der Waals surface area contributed by atoms with Gasteiger partial charge < -0.3 is 16.0 Å². The van der Waals surface area contributed by atoms with Gasteiger partial charge in [-0.15, -0.1) is 0 Å². The number of H-pyrrole nitrogens is 1. The van der Waals surface area contributed by atoms with Gasteiger partial charge in [0.05, 0.1) is 11.2 Å². The average molecular weight is 299 g/mol. The highest BCUT2D eigenvalue weighted by molar-refractivity contribution is 6.00. The molecule has 4 N–H and O–H groups in total. The van der Waals surface area contributed by atoms with Crippen LogP contribution in [0.3, 0.4) is 0 Å². The summed E-state index contributed by atoms with van der Waals surface area (Å²) in [5.41, 5.74) is 7.35. The predicted molar refractivity (Wildman–Crippen MR) is 75.0 cm³/mol. The highest BCUT2D eigenvalue weighted by Gasteiger charge is 2.25. The Hall–Kier alpha value is -2.18. The summed E-state index contributed by atoms with van der Waals surface area (Å²) in [5.74, 6) is -0.349. The fraction of sp³-hybridized carbons (Fsp3) is 0.357. The Labute approximate surface area is 119 Å². The lowest BCUT2D eigenvalue weighted by molar-refractivity contribution is -0.135. The first-order valence-corrected chi connectivity index (χ1v) is 6.59. The van der Waals surface area contributed by atoms with Crippen LogP contribution < -0.4 is 11.1 Å². The number of halogens is 3. The van der Waals surface area contributed by atoms with Gasteiger partial charge in [-0.3, -0.25) is 4.79 Å². The SMILES string of the molecule is Nc1cccc2cc(C(=O)NCCCCC(F)(F)F)[nH]c12. The molecule has 0 saturated heterocycles. The molecular formula is C14H16F3N3O. The summed E-state index contributed by atoms with van der Waals surface area (Å²) in [6, 6.07) is 6.99. The molecule has 1 aromatic carbocycles. The van der Waals surface area contributed by atoms with Crippen molar-refractivity contribution in [2.24, 2.45) is 0 Å². The van der Waals surface area contributed by atoms with Crippen LogP contribution in [-0.2, 0) is 0 Å². The van der Waals surface area contributed by atoms with Crippen LogP contribution in [0.2, 0.25) is 0 Å². The van der Waals surface area contributed by atoms with E-state index in [0.29, 0.717) is 16.9 Å². The van der Waals surface area contributed by atoms with Crippen molar-refractivity contribution in [2.45, 2.75) is 25.4 Å². The van der Waals surface area contributed by atoms with Crippen LogP contribution in [-0.4, -0.2) is 23.6 Å². The van der Waals surface area contributed by atoms with Gasteiger partial charge in [-0.25, -0.2) is 0 Å². The smallest absolute Gasteiger partial charge is 0.389 e. The Morgan fingerprint density at radius 2 is 2.05 bits per heavy atom. The number of amides is 1. The summed E-state index contributed by atoms with van der Waals surface area (Å²) < 4.78 is 35.9. The van der Waals surface area contributed by atoms with Gasteiger partial charge in [0.2, 0.25) is 0 Å². The molecule has 0 aliphatic rings. The highest BCUT2D eigenvalue weighted by Crippen LogP contribution is 2.22. The van der Waals surface area contributed by atoms with E-state index in [1.807, 2.05) is 6.07 Å². The number of carbonyl (C=O) groups is 1. The Balaban J connectivity index is 1.86. The molecule has 1 amide bonds. The van der Waals surface area contributed by atoms with E-state index < -0.39 is 12.6 Å². The molecule has 1 heterocycles. The highest BCUT2D eigenvalue weighted by atomic mass is 19.4. The van der Waals surface area contributed by atoms with Crippen molar-refractivity contribution in [2.75, 3.05) is 12.3 Å². The molecule has 0 saturated carbocycles. The Bertz CT molecular complexity index is 634. The van der Waals surface area contributed by atoms with Crippen LogP contribution in [0.25, 0.3) is 10.9 Å². The molecule has 0 bridgehead atoms. The number of alkyl halides is 3. The van der Waals surface area contributed by atoms with Crippen LogP contribution in [0.4, 0.5) is 18.9 Å². The summed E-state index contributed by atoms with van der Waals surface area (Å²) in [6.45, 7) is 0.208. The summed E-state index contributed by atoms with van der Waals surface area (Å²) in [6.07, 6.45) is -4.68. The number of nitrogens with two attached hydrogens (primary N) is 1. The molecule has 0 unspecified atom stereocenters. The number of hydrogen-bond acceptors (Lipinski definition) is 2. The summed E-state index contributed by atoms with van der Waals surface area (Å²) >= 11 is 0. The number of aromatic amines is 1. The molecule has 1 aromatic heterocycles. The van der Waals surface area contributed by atoms with Gasteiger partial charge >= 0.3 is 6.18 Å². The molecule has 2 rings (SSSR count). The van der Waals surface area contributed by atoms with Gasteiger partial charge in [-0.2, -0.15) is 13.2 Å². The van der Waals surface area contributed by atoms with Crippen LogP contribution in [0.15, 0.2) is 24.3 Å². The summed E-state index contributed by atoms with van der Waals surface area (Å²) in [7, 11) is 0. The van der Waals surface area contributed by atoms with Gasteiger partial charge in [0, 0.05) is 18.4 Å². The zero-order chi connectivity index (χ0) is 15.5. The minimum atomic E-state index is -4.14. The number of nitrogen functional groups attached to an aromatic ring is 1. The molecule has 0 fully saturated rings. The van der Waals surface area contributed by atoms with Crippen molar-refractivity contribution in [3.05, 3.63) is 30.0 Å². The maximum atomic E-state index is 12.0. The second-order valence-corrected chi connectivity index (χ2v) is 4.82. The maximum absolute atomic E-state index is 12.0. The number of rotatable bonds is 5. The zero-order valence-corrected chi connectivity index (χ0v) is 11.3. The van der Waals surface area contributed by atoms with Crippen LogP contribution in [0.1, 0.15) is 29.8 Å². The van der Waals surface area contributed by atoms with E-state index in [2.05, 4.69) is 10.3 Å². The molecule has 0 aliphatic heterocycles. The fourth-order valence-corrected chi connectivity index (χ4v) is 2.05. The lowest BCUT2D eigenvalue weighted by atomic mass is 10.2. The normalized spacial score (nSPS) is 11.8. The van der Waals surface area contributed by atoms with Gasteiger partial charge in [0.25, 0.3) is 5.91 Å². The van der Waals surface area contributed by atoms with Gasteiger partial charge in [-0.05, 0) is 25.0 Å². The number of nitrogens with one attached hydrogen (secondary N) is 2. The van der Waals surface area contributed by atoms with E-state index >= 15 is 0 Å². The minimum Gasteiger partial charge on any atom is -0.397 e. The lowest BCUT2D eigenvalue weighted by Crippen LogP contribution is -2.25. The molecule has 114 valence electrons. The summed E-state index contributed by atoms with van der Waals surface area (Å²) in [5, 5.41) is 3.40. The van der Waals surface area contributed by atoms with Gasteiger partial charge in [0.15, 0.2) is 0 Å². The second-order valence-electron chi connectivity index (χ2n) is 4.82. The Morgan fingerprint density at radius 3 is 2.71 bits per heavy atom. The number of fused-ring (bicyclic) bond motifs is 1. The number of unbranched alkanes of at least 4 members (excludes halogenated alkanes) is 1. The monoisotopic (exact) mass is 299 g/mol. The number of anilines is 1. The number of para-hydroxylation sites is 1. The third kappa shape index (κ3) is 4.14. The van der Waals surface area contributed by atoms with Crippen LogP contribution >= 0.6 is 0 Å². The molecule has 2 aromatic rings. The van der Waals surface area contributed by atoms with E-state index in [1.165, 1.54) is 0 Å². The maximum Gasteiger partial charge on any atom is 0.389 e. The molecular weight excluding hydrogens is 283 g/mol. The summed E-state index contributed by atoms with van der Waals surface area (Å²) in [4.78, 5) is 14.8. The number of carbonyl (C=O) groups excluding carboxylic acids is 1. The molecule has 4 nitrogen and oxygen atoms in total. The van der Waals surface area contributed by atoms with Crippen molar-refractivity contribution < 1.29 is 18.0 Å². The number of hydrogen-bond donors (Lipinski definition) is 3. The molecule has 0 radical (unpaired) electrons. The van der Waals surface area contributed by atoms with Crippen molar-refractivity contribution >= 4 is 22.5 Å². The first kappa shape index (κ1) is 15.2. The van der Waals surface area contributed by atoms with Crippen LogP contribution in [0.5, 0.6) is 0 Å². The standard InChI is InChI=1S/C14H16F3N3O/c15-14(16,17)6-1-2-7-19-13(21)11-8-9-4-3-5-10(18)12(9)20-11/h3-5,8,20H,1-2,6-7,18H2,(H,19,21). The van der Waals surface area contributed by atoms with E-state index in [4.69, 9.17) is 5.73 Å². The Morgan fingerprint density at radius 1 is 1.29 bits per heavy atom. The van der Waals surface area contributed by atoms with Crippen LogP contribution in [0, 0.1) is 0 Å². The molecule has 0 atom stereocenters. The van der Waals surface area contributed by atoms with E-state index in [-0.39, 0.29) is 25.3 Å². The topological polar surface area (TPSA) is 70.9 Å². The number of benzene rings is 1. The molecule has 21 heavy (non-hydrogen) atoms. The molecule has 7 heteroatoms. The van der Waals surface area contributed by atoms with E-state index in [9.17, 15) is 18.0 Å². The number of aromatic nitrogens is 1. The first-order chi connectivity index (χ1) is 9.87. The average Bonchev–Trinajstić information content (AvgIpc) is 2.82. The van der Waals surface area contributed by atoms with E-state index in [1.54, 1.807) is 18.2 Å². The lowest BCUT2D eigenvalue weighted by Gasteiger charge is -2.06. The molecule has 0 spiro atoms. The quantitative estimate of drug-likeness (QED) is 0.586. The first-order valence-electron chi connectivity index (χ1n) is 6.59. The predicted octanol–water partition coefficient (Wildman–Crippen LogP) is 3.21. The third-order valence-electron chi connectivity index (χ3n) is 3.11. The Kier molecular flexibility index (Phi) is 4.40. The second kappa shape index (κ2) is 6.07. The van der Waals surface area contributed by atoms with E-state index in [0.717, 1.165) is 5.39 Å². The van der Waals surface area contributed by atoms with Gasteiger partial charge in [-0.1, -0.05) is 12.1 Å². The largest absolute Gasteiger partial charge is 0.397 e. The minimum absolute atomic E-state index is 0.00340. The zero-order valence-electron chi connectivity index (χ0n) is 11.3. The third-order valence-corrected chi connectivity index (χ3v) is 3.11. The van der Waals surface area contributed by atoms with Gasteiger partial charge in [0.1, 0.15) is 5.69 Å². The van der Waals surface area contributed by atoms with Crippen molar-refractivity contribution in [3.63, 3.8) is 0 Å². The molecule has 0 aliphatic carbocycles. The van der Waals surface area contributed by atoms with Crippen molar-refractivity contribution in [3.8, 4) is 0 Å². The van der Waals surface area contributed by atoms with Crippen molar-refractivity contribution in [1.82, 2.24) is 10.3 Å². The van der Waals surface area contributed by atoms with Crippen molar-refractivity contribution in [1.29, 1.82) is 0 Å². The fourth-order valence-electron chi connectivity index (χ4n) is 2.05.